The fourth-order valence-corrected chi connectivity index (χ4v) is 6.10. The lowest BCUT2D eigenvalue weighted by molar-refractivity contribution is 0.628. The molecule has 0 bridgehead atoms. The van der Waals surface area contributed by atoms with E-state index in [0.717, 1.165) is 46.0 Å². The van der Waals surface area contributed by atoms with Gasteiger partial charge < -0.3 is 14.6 Å². The molecule has 0 atom stereocenters. The minimum atomic E-state index is 0.762. The Hall–Kier alpha value is -5.54. The normalized spacial score (nSPS) is 12.3. The zero-order valence-electron chi connectivity index (χ0n) is 23.0. The Bertz CT molecular complexity index is 2070. The molecular weight excluding hydrogens is 512 g/mol. The highest BCUT2D eigenvalue weighted by molar-refractivity contribution is 6.07. The summed E-state index contributed by atoms with van der Waals surface area (Å²) < 4.78 is 6.30. The monoisotopic (exact) mass is 540 g/mol. The van der Waals surface area contributed by atoms with Crippen molar-refractivity contribution in [3.8, 4) is 22.3 Å². The van der Waals surface area contributed by atoms with Crippen LogP contribution >= 0.6 is 0 Å². The van der Waals surface area contributed by atoms with Crippen LogP contribution in [0.5, 0.6) is 0 Å². The summed E-state index contributed by atoms with van der Waals surface area (Å²) in [5, 5.41) is 6.93. The van der Waals surface area contributed by atoms with E-state index in [4.69, 9.17) is 4.42 Å². The summed E-state index contributed by atoms with van der Waals surface area (Å²) >= 11 is 0. The molecule has 0 saturated carbocycles. The van der Waals surface area contributed by atoms with Crippen molar-refractivity contribution < 1.29 is 4.42 Å². The van der Waals surface area contributed by atoms with E-state index >= 15 is 0 Å². The molecule has 8 rings (SSSR count). The maximum atomic E-state index is 6.30. The van der Waals surface area contributed by atoms with Gasteiger partial charge in [0.15, 0.2) is 0 Å². The lowest BCUT2D eigenvalue weighted by atomic mass is 9.96. The van der Waals surface area contributed by atoms with E-state index < -0.39 is 0 Å². The number of hydrogen-bond donors (Lipinski definition) is 1. The van der Waals surface area contributed by atoms with Gasteiger partial charge in [0, 0.05) is 23.5 Å². The Labute approximate surface area is 245 Å². The van der Waals surface area contributed by atoms with Crippen molar-refractivity contribution in [1.29, 1.82) is 0 Å². The molecule has 0 saturated heterocycles. The second-order valence-electron chi connectivity index (χ2n) is 10.6. The molecule has 3 nitrogen and oxygen atoms in total. The van der Waals surface area contributed by atoms with Gasteiger partial charge in [0.25, 0.3) is 0 Å². The molecular formula is C39H28N2O. The van der Waals surface area contributed by atoms with Crippen LogP contribution in [-0.4, -0.2) is 6.54 Å². The zero-order valence-corrected chi connectivity index (χ0v) is 23.0. The topological polar surface area (TPSA) is 28.4 Å². The average molecular weight is 541 g/mol. The van der Waals surface area contributed by atoms with Crippen LogP contribution in [0.2, 0.25) is 0 Å². The van der Waals surface area contributed by atoms with Gasteiger partial charge in [0.1, 0.15) is 5.58 Å². The van der Waals surface area contributed by atoms with Crippen LogP contribution in [0, 0.1) is 0 Å². The molecule has 0 spiro atoms. The highest BCUT2D eigenvalue weighted by Gasteiger charge is 2.23. The molecule has 1 aliphatic heterocycles. The standard InChI is InChI=1S/C39H28N2O/c1-3-11-27(12-4-1)28-20-22-31(23-21-28)41(36-18-9-19-37-38(36)34-17-10-24-40-39(34)42-37)32-25-30-15-7-8-16-33(30)35(26-32)29-13-5-2-6-14-29/h1-23,25-26,40H,24H2. The van der Waals surface area contributed by atoms with E-state index in [1.165, 1.54) is 33.0 Å². The second-order valence-corrected chi connectivity index (χ2v) is 10.6. The van der Waals surface area contributed by atoms with Gasteiger partial charge in [-0.05, 0) is 69.4 Å². The van der Waals surface area contributed by atoms with Gasteiger partial charge in [-0.25, -0.2) is 0 Å². The summed E-state index contributed by atoms with van der Waals surface area (Å²) in [6, 6.07) is 49.7. The molecule has 0 radical (unpaired) electrons. The maximum Gasteiger partial charge on any atom is 0.201 e. The van der Waals surface area contributed by atoms with Crippen molar-refractivity contribution in [1.82, 2.24) is 0 Å². The fraction of sp³-hybridized carbons (Fsp3) is 0.0256. The molecule has 7 aromatic rings. The Morgan fingerprint density at radius 1 is 0.595 bits per heavy atom. The second kappa shape index (κ2) is 10.1. The van der Waals surface area contributed by atoms with Crippen LogP contribution in [0.25, 0.3) is 50.1 Å². The summed E-state index contributed by atoms with van der Waals surface area (Å²) in [6.07, 6.45) is 4.32. The van der Waals surface area contributed by atoms with Gasteiger partial charge in [0.05, 0.1) is 11.1 Å². The van der Waals surface area contributed by atoms with Crippen molar-refractivity contribution in [3.05, 3.63) is 151 Å². The van der Waals surface area contributed by atoms with Crippen molar-refractivity contribution >= 4 is 50.8 Å². The van der Waals surface area contributed by atoms with Crippen molar-refractivity contribution in [2.75, 3.05) is 16.8 Å². The van der Waals surface area contributed by atoms with Gasteiger partial charge in [-0.2, -0.15) is 0 Å². The van der Waals surface area contributed by atoms with Crippen molar-refractivity contribution in [2.24, 2.45) is 0 Å². The SMILES string of the molecule is C1=Cc2c(oc3cccc(N(c4ccc(-c5ccccc5)cc4)c4cc(-c5ccccc5)c5ccccc5c4)c23)NC1. The predicted molar refractivity (Wildman–Crippen MR) is 177 cm³/mol. The van der Waals surface area contributed by atoms with Gasteiger partial charge >= 0.3 is 0 Å². The highest BCUT2D eigenvalue weighted by Crippen LogP contribution is 2.46. The fourth-order valence-electron chi connectivity index (χ4n) is 6.10. The summed E-state index contributed by atoms with van der Waals surface area (Å²) in [7, 11) is 0. The molecule has 42 heavy (non-hydrogen) atoms. The minimum absolute atomic E-state index is 0.762. The Morgan fingerprint density at radius 3 is 2.12 bits per heavy atom. The number of rotatable bonds is 5. The third-order valence-corrected chi connectivity index (χ3v) is 8.06. The lowest BCUT2D eigenvalue weighted by Gasteiger charge is -2.28. The van der Waals surface area contributed by atoms with E-state index in [0.29, 0.717) is 0 Å². The lowest BCUT2D eigenvalue weighted by Crippen LogP contribution is -2.11. The third-order valence-electron chi connectivity index (χ3n) is 8.06. The Balaban J connectivity index is 1.39. The van der Waals surface area contributed by atoms with Crippen LogP contribution in [0.15, 0.2) is 150 Å². The van der Waals surface area contributed by atoms with E-state index in [-0.39, 0.29) is 0 Å². The molecule has 0 amide bonds. The Morgan fingerprint density at radius 2 is 1.31 bits per heavy atom. The van der Waals surface area contributed by atoms with Crippen LogP contribution in [-0.2, 0) is 0 Å². The third kappa shape index (κ3) is 4.15. The van der Waals surface area contributed by atoms with Crippen molar-refractivity contribution in [2.45, 2.75) is 0 Å². The first-order valence-electron chi connectivity index (χ1n) is 14.3. The molecule has 3 heteroatoms. The quantitative estimate of drug-likeness (QED) is 0.235. The van der Waals surface area contributed by atoms with E-state index in [1.807, 2.05) is 0 Å². The average Bonchev–Trinajstić information content (AvgIpc) is 3.45. The van der Waals surface area contributed by atoms with Gasteiger partial charge in [-0.15, -0.1) is 0 Å². The molecule has 1 N–H and O–H groups in total. The van der Waals surface area contributed by atoms with Crippen LogP contribution < -0.4 is 10.2 Å². The van der Waals surface area contributed by atoms with E-state index in [9.17, 15) is 0 Å². The largest absolute Gasteiger partial charge is 0.440 e. The number of benzene rings is 6. The molecule has 0 fully saturated rings. The molecule has 200 valence electrons. The summed E-state index contributed by atoms with van der Waals surface area (Å²) in [6.45, 7) is 0.762. The summed E-state index contributed by atoms with van der Waals surface area (Å²) in [4.78, 5) is 2.37. The molecule has 6 aromatic carbocycles. The first-order valence-corrected chi connectivity index (χ1v) is 14.3. The molecule has 0 unspecified atom stereocenters. The number of fused-ring (bicyclic) bond motifs is 4. The van der Waals surface area contributed by atoms with Crippen LogP contribution in [0.1, 0.15) is 5.56 Å². The number of hydrogen-bond acceptors (Lipinski definition) is 3. The number of nitrogens with one attached hydrogen (secondary N) is 1. The van der Waals surface area contributed by atoms with Gasteiger partial charge in [0.2, 0.25) is 5.88 Å². The highest BCUT2D eigenvalue weighted by atomic mass is 16.3. The molecule has 0 aliphatic carbocycles. The van der Waals surface area contributed by atoms with Gasteiger partial charge in [-0.3, -0.25) is 0 Å². The molecule has 1 aliphatic rings. The number of nitrogens with zero attached hydrogens (tertiary/aromatic N) is 1. The summed E-state index contributed by atoms with van der Waals surface area (Å²) in [5.74, 6) is 0.822. The predicted octanol–water partition coefficient (Wildman–Crippen LogP) is 10.8. The number of anilines is 4. The molecule has 2 heterocycles. The first kappa shape index (κ1) is 24.3. The van der Waals surface area contributed by atoms with Gasteiger partial charge in [-0.1, -0.05) is 115 Å². The van der Waals surface area contributed by atoms with E-state index in [1.54, 1.807) is 0 Å². The maximum absolute atomic E-state index is 6.30. The van der Waals surface area contributed by atoms with Crippen molar-refractivity contribution in [3.63, 3.8) is 0 Å². The zero-order chi connectivity index (χ0) is 27.9. The molecule has 1 aromatic heterocycles. The number of furan rings is 1. The smallest absolute Gasteiger partial charge is 0.201 e. The Kier molecular flexibility index (Phi) is 5.86. The first-order chi connectivity index (χ1) is 20.8. The minimum Gasteiger partial charge on any atom is -0.440 e. The van der Waals surface area contributed by atoms with E-state index in [2.05, 4.69) is 162 Å². The summed E-state index contributed by atoms with van der Waals surface area (Å²) in [5.41, 5.74) is 10.00. The van der Waals surface area contributed by atoms with Crippen LogP contribution in [0.4, 0.5) is 22.9 Å². The van der Waals surface area contributed by atoms with Crippen LogP contribution in [0.3, 0.4) is 0 Å².